The average molecular weight is 437 g/mol. The van der Waals surface area contributed by atoms with Crippen LogP contribution in [0.15, 0.2) is 72.8 Å². The molecule has 166 valence electrons. The smallest absolute Gasteiger partial charge is 0.411 e. The number of amides is 1. The molecule has 0 spiro atoms. The molecule has 0 bridgehead atoms. The van der Waals surface area contributed by atoms with E-state index in [9.17, 15) is 18.7 Å². The summed E-state index contributed by atoms with van der Waals surface area (Å²) in [6, 6.07) is 19.8. The number of aliphatic hydroxyl groups is 1. The van der Waals surface area contributed by atoms with Crippen LogP contribution in [-0.4, -0.2) is 29.3 Å². The maximum Gasteiger partial charge on any atom is 0.411 e. The highest BCUT2D eigenvalue weighted by Gasteiger charge is 2.47. The van der Waals surface area contributed by atoms with Gasteiger partial charge in [-0.2, -0.15) is 0 Å². The van der Waals surface area contributed by atoms with Crippen molar-refractivity contribution in [3.63, 3.8) is 0 Å². The molecule has 0 saturated carbocycles. The van der Waals surface area contributed by atoms with Gasteiger partial charge in [-0.05, 0) is 66.3 Å². The summed E-state index contributed by atoms with van der Waals surface area (Å²) in [5.41, 5.74) is 2.57. The van der Waals surface area contributed by atoms with Crippen LogP contribution in [0.4, 0.5) is 13.6 Å². The molecule has 1 aliphatic heterocycles. The second-order valence-electron chi connectivity index (χ2n) is 8.13. The summed E-state index contributed by atoms with van der Waals surface area (Å²) in [7, 11) is 0. The van der Waals surface area contributed by atoms with Gasteiger partial charge in [0.25, 0.3) is 0 Å². The van der Waals surface area contributed by atoms with E-state index in [-0.39, 0.29) is 24.3 Å². The molecule has 4 nitrogen and oxygen atoms in total. The van der Waals surface area contributed by atoms with Gasteiger partial charge in [0, 0.05) is 6.61 Å². The van der Waals surface area contributed by atoms with Crippen LogP contribution < -0.4 is 0 Å². The average Bonchev–Trinajstić information content (AvgIpc) is 3.15. The second kappa shape index (κ2) is 9.09. The molecule has 1 saturated heterocycles. The van der Waals surface area contributed by atoms with E-state index in [2.05, 4.69) is 0 Å². The molecule has 1 aliphatic rings. The van der Waals surface area contributed by atoms with Gasteiger partial charge >= 0.3 is 6.09 Å². The number of benzene rings is 3. The fraction of sp³-hybridized carbons (Fsp3) is 0.269. The fourth-order valence-electron chi connectivity index (χ4n) is 4.21. The minimum absolute atomic E-state index is 0.0269. The van der Waals surface area contributed by atoms with Gasteiger partial charge in [0.05, 0.1) is 12.6 Å². The van der Waals surface area contributed by atoms with Gasteiger partial charge < -0.3 is 9.84 Å². The van der Waals surface area contributed by atoms with Crippen molar-refractivity contribution in [3.8, 4) is 11.1 Å². The van der Waals surface area contributed by atoms with Crippen LogP contribution >= 0.6 is 0 Å². The van der Waals surface area contributed by atoms with E-state index >= 15 is 0 Å². The largest absolute Gasteiger partial charge is 0.436 e. The van der Waals surface area contributed by atoms with E-state index in [0.717, 1.165) is 16.7 Å². The molecule has 32 heavy (non-hydrogen) atoms. The number of carbonyl (C=O) groups is 1. The van der Waals surface area contributed by atoms with Crippen molar-refractivity contribution in [3.05, 3.63) is 95.6 Å². The number of nitrogens with zero attached hydrogens (tertiary/aromatic N) is 1. The van der Waals surface area contributed by atoms with Gasteiger partial charge in [0.15, 0.2) is 5.60 Å². The highest BCUT2D eigenvalue weighted by molar-refractivity contribution is 5.72. The highest BCUT2D eigenvalue weighted by atomic mass is 19.1. The molecule has 2 atom stereocenters. The molecule has 1 unspecified atom stereocenters. The third-order valence-electron chi connectivity index (χ3n) is 6.09. The van der Waals surface area contributed by atoms with Crippen LogP contribution in [0.3, 0.4) is 0 Å². The van der Waals surface area contributed by atoms with Gasteiger partial charge in [0.1, 0.15) is 11.6 Å². The number of halogens is 2. The summed E-state index contributed by atoms with van der Waals surface area (Å²) in [5, 5.41) is 9.35. The Morgan fingerprint density at radius 2 is 1.47 bits per heavy atom. The van der Waals surface area contributed by atoms with E-state index in [1.165, 1.54) is 24.3 Å². The topological polar surface area (TPSA) is 49.8 Å². The molecular weight excluding hydrogens is 412 g/mol. The van der Waals surface area contributed by atoms with Gasteiger partial charge in [-0.15, -0.1) is 0 Å². The zero-order chi connectivity index (χ0) is 22.7. The number of ether oxygens (including phenoxy) is 1. The van der Waals surface area contributed by atoms with E-state index in [1.807, 2.05) is 31.2 Å². The minimum atomic E-state index is -0.935. The number of hydrogen-bond donors (Lipinski definition) is 1. The Morgan fingerprint density at radius 1 is 0.938 bits per heavy atom. The van der Waals surface area contributed by atoms with Gasteiger partial charge in [-0.3, -0.25) is 4.90 Å². The minimum Gasteiger partial charge on any atom is -0.436 e. The van der Waals surface area contributed by atoms with Crippen molar-refractivity contribution >= 4 is 6.09 Å². The van der Waals surface area contributed by atoms with Crippen LogP contribution in [-0.2, 0) is 10.3 Å². The Morgan fingerprint density at radius 3 is 2.03 bits per heavy atom. The quantitative estimate of drug-likeness (QED) is 0.507. The van der Waals surface area contributed by atoms with Crippen molar-refractivity contribution in [1.29, 1.82) is 0 Å². The van der Waals surface area contributed by atoms with E-state index in [0.29, 0.717) is 24.9 Å². The molecule has 1 heterocycles. The zero-order valence-corrected chi connectivity index (χ0v) is 17.8. The maximum absolute atomic E-state index is 13.5. The van der Waals surface area contributed by atoms with Gasteiger partial charge in [0.2, 0.25) is 0 Å². The van der Waals surface area contributed by atoms with E-state index in [1.54, 1.807) is 29.2 Å². The third-order valence-corrected chi connectivity index (χ3v) is 6.09. The Hall–Kier alpha value is -3.25. The van der Waals surface area contributed by atoms with Crippen LogP contribution in [0.2, 0.25) is 0 Å². The van der Waals surface area contributed by atoms with E-state index in [4.69, 9.17) is 4.74 Å². The SMILES string of the molecule is CC(c1ccc(-c2ccc(F)cc2)cc1)N1C[C@](CCCO)(c2ccc(F)cc2)OC1=O. The first-order chi connectivity index (χ1) is 15.4. The van der Waals surface area contributed by atoms with Crippen molar-refractivity contribution in [2.45, 2.75) is 31.4 Å². The fourth-order valence-corrected chi connectivity index (χ4v) is 4.21. The van der Waals surface area contributed by atoms with Crippen LogP contribution in [0.5, 0.6) is 0 Å². The Balaban J connectivity index is 1.56. The van der Waals surface area contributed by atoms with Crippen molar-refractivity contribution < 1.29 is 23.4 Å². The number of aliphatic hydroxyl groups excluding tert-OH is 1. The molecule has 1 N–H and O–H groups in total. The lowest BCUT2D eigenvalue weighted by Crippen LogP contribution is -2.33. The lowest BCUT2D eigenvalue weighted by atomic mass is 9.88. The summed E-state index contributed by atoms with van der Waals surface area (Å²) in [5.74, 6) is -0.640. The molecule has 0 radical (unpaired) electrons. The van der Waals surface area contributed by atoms with Gasteiger partial charge in [-0.25, -0.2) is 13.6 Å². The number of rotatable bonds is 7. The Labute approximate surface area is 186 Å². The summed E-state index contributed by atoms with van der Waals surface area (Å²) in [4.78, 5) is 14.5. The molecule has 1 amide bonds. The molecular formula is C26H25F2NO3. The molecule has 1 fully saturated rings. The van der Waals surface area contributed by atoms with Crippen molar-refractivity contribution in [2.24, 2.45) is 0 Å². The number of cyclic esters (lactones) is 1. The lowest BCUT2D eigenvalue weighted by molar-refractivity contribution is 0.0409. The van der Waals surface area contributed by atoms with Crippen LogP contribution in [0, 0.1) is 11.6 Å². The molecule has 0 aromatic heterocycles. The summed E-state index contributed by atoms with van der Waals surface area (Å²) >= 11 is 0. The van der Waals surface area contributed by atoms with Gasteiger partial charge in [-0.1, -0.05) is 48.5 Å². The molecule has 3 aromatic carbocycles. The molecule has 0 aliphatic carbocycles. The first-order valence-corrected chi connectivity index (χ1v) is 10.6. The lowest BCUT2D eigenvalue weighted by Gasteiger charge is -2.28. The zero-order valence-electron chi connectivity index (χ0n) is 17.8. The standard InChI is InChI=1S/C26H25F2NO3/c1-18(19-3-5-20(6-4-19)21-7-11-23(27)12-8-21)29-17-26(15-2-16-30,32-25(29)31)22-9-13-24(28)14-10-22/h3-14,18,30H,2,15-17H2,1H3/t18?,26-/m1/s1. The summed E-state index contributed by atoms with van der Waals surface area (Å²) < 4.78 is 32.5. The van der Waals surface area contributed by atoms with Crippen LogP contribution in [0.1, 0.15) is 36.9 Å². The first kappa shape index (κ1) is 22.0. The normalized spacial score (nSPS) is 19.1. The molecule has 4 rings (SSSR count). The Kier molecular flexibility index (Phi) is 6.24. The highest BCUT2D eigenvalue weighted by Crippen LogP contribution is 2.41. The summed E-state index contributed by atoms with van der Waals surface area (Å²) in [6.07, 6.45) is 0.453. The predicted octanol–water partition coefficient (Wildman–Crippen LogP) is 5.81. The third kappa shape index (κ3) is 4.36. The predicted molar refractivity (Wildman–Crippen MR) is 118 cm³/mol. The number of carbonyl (C=O) groups excluding carboxylic acids is 1. The summed E-state index contributed by atoms with van der Waals surface area (Å²) in [6.45, 7) is 2.21. The molecule has 3 aromatic rings. The first-order valence-electron chi connectivity index (χ1n) is 10.6. The molecule has 6 heteroatoms. The Bertz CT molecular complexity index is 1070. The van der Waals surface area contributed by atoms with Crippen molar-refractivity contribution in [2.75, 3.05) is 13.2 Å². The van der Waals surface area contributed by atoms with E-state index < -0.39 is 11.7 Å². The van der Waals surface area contributed by atoms with Crippen molar-refractivity contribution in [1.82, 2.24) is 4.90 Å². The maximum atomic E-state index is 13.5. The second-order valence-corrected chi connectivity index (χ2v) is 8.13. The number of hydrogen-bond acceptors (Lipinski definition) is 3. The van der Waals surface area contributed by atoms with Crippen LogP contribution in [0.25, 0.3) is 11.1 Å². The monoisotopic (exact) mass is 437 g/mol.